The SMILES string of the molecule is Cc1cccc(Cc2nc(CNC(C)C)no2)c1. The average molecular weight is 245 g/mol. The Morgan fingerprint density at radius 1 is 1.33 bits per heavy atom. The fourth-order valence-electron chi connectivity index (χ4n) is 1.73. The van der Waals surface area contributed by atoms with Crippen molar-refractivity contribution < 1.29 is 4.52 Å². The first-order valence-corrected chi connectivity index (χ1v) is 6.24. The molecule has 18 heavy (non-hydrogen) atoms. The van der Waals surface area contributed by atoms with Crippen molar-refractivity contribution in [1.82, 2.24) is 15.5 Å². The summed E-state index contributed by atoms with van der Waals surface area (Å²) in [6, 6.07) is 8.75. The zero-order valence-corrected chi connectivity index (χ0v) is 11.1. The highest BCUT2D eigenvalue weighted by molar-refractivity contribution is 5.24. The summed E-state index contributed by atoms with van der Waals surface area (Å²) in [6.07, 6.45) is 0.691. The van der Waals surface area contributed by atoms with Gasteiger partial charge in [0.2, 0.25) is 5.89 Å². The predicted molar refractivity (Wildman–Crippen MR) is 70.3 cm³/mol. The van der Waals surface area contributed by atoms with E-state index >= 15 is 0 Å². The zero-order valence-electron chi connectivity index (χ0n) is 11.1. The van der Waals surface area contributed by atoms with Gasteiger partial charge in [-0.3, -0.25) is 0 Å². The fraction of sp³-hybridized carbons (Fsp3) is 0.429. The number of hydrogen-bond donors (Lipinski definition) is 1. The molecule has 0 spiro atoms. The van der Waals surface area contributed by atoms with Gasteiger partial charge in [0, 0.05) is 6.04 Å². The summed E-state index contributed by atoms with van der Waals surface area (Å²) in [6.45, 7) is 6.91. The third-order valence-electron chi connectivity index (χ3n) is 2.62. The van der Waals surface area contributed by atoms with Crippen LogP contribution in [0.5, 0.6) is 0 Å². The van der Waals surface area contributed by atoms with Gasteiger partial charge in [0.25, 0.3) is 0 Å². The Bertz CT molecular complexity index is 505. The van der Waals surface area contributed by atoms with E-state index in [0.29, 0.717) is 30.7 Å². The van der Waals surface area contributed by atoms with Crippen molar-refractivity contribution in [3.05, 3.63) is 47.1 Å². The number of aryl methyl sites for hydroxylation is 1. The van der Waals surface area contributed by atoms with Gasteiger partial charge in [-0.2, -0.15) is 4.98 Å². The monoisotopic (exact) mass is 245 g/mol. The maximum Gasteiger partial charge on any atom is 0.231 e. The van der Waals surface area contributed by atoms with Gasteiger partial charge in [-0.05, 0) is 12.5 Å². The quantitative estimate of drug-likeness (QED) is 0.879. The Labute approximate surface area is 107 Å². The molecule has 1 aromatic heterocycles. The fourth-order valence-corrected chi connectivity index (χ4v) is 1.73. The highest BCUT2D eigenvalue weighted by Gasteiger charge is 2.07. The van der Waals surface area contributed by atoms with E-state index in [-0.39, 0.29) is 0 Å². The van der Waals surface area contributed by atoms with E-state index < -0.39 is 0 Å². The summed E-state index contributed by atoms with van der Waals surface area (Å²) < 4.78 is 5.24. The second-order valence-corrected chi connectivity index (χ2v) is 4.81. The van der Waals surface area contributed by atoms with E-state index in [2.05, 4.69) is 54.4 Å². The Hall–Kier alpha value is -1.68. The molecule has 0 saturated heterocycles. The van der Waals surface area contributed by atoms with E-state index in [0.717, 1.165) is 0 Å². The summed E-state index contributed by atoms with van der Waals surface area (Å²) >= 11 is 0. The third-order valence-corrected chi connectivity index (χ3v) is 2.62. The van der Waals surface area contributed by atoms with Crippen LogP contribution in [0.25, 0.3) is 0 Å². The van der Waals surface area contributed by atoms with E-state index in [4.69, 9.17) is 4.52 Å². The van der Waals surface area contributed by atoms with Gasteiger partial charge < -0.3 is 9.84 Å². The van der Waals surface area contributed by atoms with Crippen LogP contribution in [-0.4, -0.2) is 16.2 Å². The molecule has 0 aliphatic rings. The largest absolute Gasteiger partial charge is 0.339 e. The summed E-state index contributed by atoms with van der Waals surface area (Å²) in [5.74, 6) is 1.38. The second kappa shape index (κ2) is 5.78. The Morgan fingerprint density at radius 2 is 2.17 bits per heavy atom. The summed E-state index contributed by atoms with van der Waals surface area (Å²) in [7, 11) is 0. The Morgan fingerprint density at radius 3 is 2.89 bits per heavy atom. The molecule has 0 fully saturated rings. The van der Waals surface area contributed by atoms with E-state index in [9.17, 15) is 0 Å². The number of hydrogen-bond acceptors (Lipinski definition) is 4. The van der Waals surface area contributed by atoms with Crippen molar-refractivity contribution in [3.8, 4) is 0 Å². The molecule has 0 unspecified atom stereocenters. The third kappa shape index (κ3) is 3.67. The number of nitrogens with one attached hydrogen (secondary N) is 1. The second-order valence-electron chi connectivity index (χ2n) is 4.81. The molecule has 2 rings (SSSR count). The van der Waals surface area contributed by atoms with Crippen LogP contribution in [0.2, 0.25) is 0 Å². The lowest BCUT2D eigenvalue weighted by Crippen LogP contribution is -2.22. The van der Waals surface area contributed by atoms with Crippen LogP contribution in [-0.2, 0) is 13.0 Å². The van der Waals surface area contributed by atoms with Crippen LogP contribution in [0.1, 0.15) is 36.7 Å². The molecule has 0 radical (unpaired) electrons. The zero-order chi connectivity index (χ0) is 13.0. The van der Waals surface area contributed by atoms with Gasteiger partial charge in [0.05, 0.1) is 13.0 Å². The van der Waals surface area contributed by atoms with Crippen LogP contribution in [0.4, 0.5) is 0 Å². The minimum Gasteiger partial charge on any atom is -0.339 e. The molecule has 0 atom stereocenters. The number of aromatic nitrogens is 2. The highest BCUT2D eigenvalue weighted by atomic mass is 16.5. The van der Waals surface area contributed by atoms with Crippen molar-refractivity contribution >= 4 is 0 Å². The molecule has 4 nitrogen and oxygen atoms in total. The number of benzene rings is 1. The molecule has 0 aliphatic heterocycles. The van der Waals surface area contributed by atoms with Gasteiger partial charge in [0.15, 0.2) is 5.82 Å². The number of rotatable bonds is 5. The molecular weight excluding hydrogens is 226 g/mol. The molecule has 4 heteroatoms. The van der Waals surface area contributed by atoms with Crippen LogP contribution in [0.15, 0.2) is 28.8 Å². The van der Waals surface area contributed by atoms with E-state index in [1.807, 2.05) is 6.07 Å². The van der Waals surface area contributed by atoms with E-state index in [1.165, 1.54) is 11.1 Å². The minimum absolute atomic E-state index is 0.420. The molecule has 0 aliphatic carbocycles. The van der Waals surface area contributed by atoms with Gasteiger partial charge in [-0.15, -0.1) is 0 Å². The molecule has 0 amide bonds. The van der Waals surface area contributed by atoms with Gasteiger partial charge in [-0.25, -0.2) is 0 Å². The molecule has 1 N–H and O–H groups in total. The van der Waals surface area contributed by atoms with Crippen LogP contribution < -0.4 is 5.32 Å². The standard InChI is InChI=1S/C14H19N3O/c1-10(2)15-9-13-16-14(18-17-13)8-12-6-4-5-11(3)7-12/h4-7,10,15H,8-9H2,1-3H3. The highest BCUT2D eigenvalue weighted by Crippen LogP contribution is 2.09. The van der Waals surface area contributed by atoms with Gasteiger partial charge >= 0.3 is 0 Å². The van der Waals surface area contributed by atoms with Crippen LogP contribution >= 0.6 is 0 Å². The van der Waals surface area contributed by atoms with Crippen LogP contribution in [0.3, 0.4) is 0 Å². The lowest BCUT2D eigenvalue weighted by atomic mass is 10.1. The van der Waals surface area contributed by atoms with Crippen molar-refractivity contribution in [2.45, 2.75) is 39.8 Å². The molecule has 2 aromatic rings. The van der Waals surface area contributed by atoms with Crippen molar-refractivity contribution in [1.29, 1.82) is 0 Å². The molecule has 1 heterocycles. The van der Waals surface area contributed by atoms with Crippen molar-refractivity contribution in [2.75, 3.05) is 0 Å². The maximum absolute atomic E-state index is 5.24. The van der Waals surface area contributed by atoms with Crippen molar-refractivity contribution in [2.24, 2.45) is 0 Å². The first-order chi connectivity index (χ1) is 8.63. The first kappa shape index (κ1) is 12.8. The normalized spacial score (nSPS) is 11.1. The lowest BCUT2D eigenvalue weighted by molar-refractivity contribution is 0.376. The Balaban J connectivity index is 1.98. The summed E-state index contributed by atoms with van der Waals surface area (Å²) in [4.78, 5) is 4.37. The molecule has 1 aromatic carbocycles. The number of nitrogens with zero attached hydrogens (tertiary/aromatic N) is 2. The summed E-state index contributed by atoms with van der Waals surface area (Å²) in [5, 5.41) is 7.22. The minimum atomic E-state index is 0.420. The van der Waals surface area contributed by atoms with Crippen LogP contribution in [0, 0.1) is 6.92 Å². The molecule has 96 valence electrons. The first-order valence-electron chi connectivity index (χ1n) is 6.24. The Kier molecular flexibility index (Phi) is 4.10. The lowest BCUT2D eigenvalue weighted by Gasteiger charge is -2.03. The van der Waals surface area contributed by atoms with E-state index in [1.54, 1.807) is 0 Å². The molecule has 0 bridgehead atoms. The van der Waals surface area contributed by atoms with Gasteiger partial charge in [-0.1, -0.05) is 48.8 Å². The predicted octanol–water partition coefficient (Wildman–Crippen LogP) is 2.47. The topological polar surface area (TPSA) is 51.0 Å². The average Bonchev–Trinajstić information content (AvgIpc) is 2.74. The smallest absolute Gasteiger partial charge is 0.231 e. The summed E-state index contributed by atoms with van der Waals surface area (Å²) in [5.41, 5.74) is 2.44. The van der Waals surface area contributed by atoms with Crippen molar-refractivity contribution in [3.63, 3.8) is 0 Å². The molecule has 0 saturated carbocycles. The van der Waals surface area contributed by atoms with Gasteiger partial charge in [0.1, 0.15) is 0 Å². The maximum atomic E-state index is 5.24. The molecular formula is C14H19N3O.